The Morgan fingerprint density at radius 1 is 1.25 bits per heavy atom. The molecule has 1 aromatic heterocycles. The third kappa shape index (κ3) is 3.48. The lowest BCUT2D eigenvalue weighted by molar-refractivity contribution is 0.552. The summed E-state index contributed by atoms with van der Waals surface area (Å²) in [5, 5.41) is 8.16. The molecule has 0 aliphatic rings. The van der Waals surface area contributed by atoms with E-state index in [2.05, 4.69) is 62.5 Å². The summed E-state index contributed by atoms with van der Waals surface area (Å²) in [4.78, 5) is 0. The Morgan fingerprint density at radius 2 is 2.00 bits per heavy atom. The first-order valence-corrected chi connectivity index (χ1v) is 7.28. The highest BCUT2D eigenvalue weighted by Crippen LogP contribution is 2.26. The Bertz CT molecular complexity index is 582. The molecule has 0 atom stereocenters. The van der Waals surface area contributed by atoms with Crippen molar-refractivity contribution in [1.82, 2.24) is 15.1 Å². The molecule has 0 saturated heterocycles. The van der Waals surface area contributed by atoms with Crippen molar-refractivity contribution in [2.24, 2.45) is 13.0 Å². The molecule has 0 radical (unpaired) electrons. The van der Waals surface area contributed by atoms with Crippen LogP contribution in [0, 0.1) is 19.8 Å². The maximum atomic E-state index is 4.66. The van der Waals surface area contributed by atoms with Crippen LogP contribution in [0.4, 0.5) is 0 Å². The van der Waals surface area contributed by atoms with Gasteiger partial charge in [0, 0.05) is 30.9 Å². The lowest BCUT2D eigenvalue weighted by atomic mass is 10.0. The SMILES string of the molecule is Cc1ccc(C)c(-c2nn(C)cc2CNCC(C)C)c1. The normalized spacial score (nSPS) is 11.3. The van der Waals surface area contributed by atoms with Gasteiger partial charge in [-0.15, -0.1) is 0 Å². The molecule has 3 nitrogen and oxygen atoms in total. The average molecular weight is 271 g/mol. The lowest BCUT2D eigenvalue weighted by Gasteiger charge is -2.09. The first kappa shape index (κ1) is 14.8. The number of hydrogen-bond acceptors (Lipinski definition) is 2. The van der Waals surface area contributed by atoms with Gasteiger partial charge in [-0.1, -0.05) is 31.5 Å². The second-order valence-corrected chi connectivity index (χ2v) is 6.02. The smallest absolute Gasteiger partial charge is 0.0970 e. The first-order chi connectivity index (χ1) is 9.47. The highest BCUT2D eigenvalue weighted by molar-refractivity contribution is 5.67. The zero-order valence-electron chi connectivity index (χ0n) is 13.2. The van der Waals surface area contributed by atoms with Crippen LogP contribution in [0.15, 0.2) is 24.4 Å². The number of benzene rings is 1. The summed E-state index contributed by atoms with van der Waals surface area (Å²) < 4.78 is 1.91. The summed E-state index contributed by atoms with van der Waals surface area (Å²) in [5.41, 5.74) is 6.16. The first-order valence-electron chi connectivity index (χ1n) is 7.28. The highest BCUT2D eigenvalue weighted by atomic mass is 15.3. The standard InChI is InChI=1S/C17H25N3/c1-12(2)9-18-10-15-11-20(5)19-17(15)16-8-13(3)6-7-14(16)4/h6-8,11-12,18H,9-10H2,1-5H3. The van der Waals surface area contributed by atoms with Gasteiger partial charge in [-0.05, 0) is 37.9 Å². The van der Waals surface area contributed by atoms with Gasteiger partial charge in [-0.25, -0.2) is 0 Å². The molecule has 1 heterocycles. The van der Waals surface area contributed by atoms with Crippen molar-refractivity contribution < 1.29 is 0 Å². The summed E-state index contributed by atoms with van der Waals surface area (Å²) in [7, 11) is 1.99. The molecular formula is C17H25N3. The quantitative estimate of drug-likeness (QED) is 0.902. The van der Waals surface area contributed by atoms with Crippen LogP contribution in [0.5, 0.6) is 0 Å². The molecule has 0 fully saturated rings. The van der Waals surface area contributed by atoms with E-state index in [1.54, 1.807) is 0 Å². The van der Waals surface area contributed by atoms with E-state index in [1.165, 1.54) is 22.3 Å². The molecular weight excluding hydrogens is 246 g/mol. The maximum Gasteiger partial charge on any atom is 0.0970 e. The lowest BCUT2D eigenvalue weighted by Crippen LogP contribution is -2.19. The zero-order valence-corrected chi connectivity index (χ0v) is 13.2. The van der Waals surface area contributed by atoms with Crippen molar-refractivity contribution in [2.45, 2.75) is 34.2 Å². The molecule has 0 aliphatic heterocycles. The number of nitrogens with zero attached hydrogens (tertiary/aromatic N) is 2. The fraction of sp³-hybridized carbons (Fsp3) is 0.471. The van der Waals surface area contributed by atoms with Crippen LogP contribution in [0.1, 0.15) is 30.5 Å². The van der Waals surface area contributed by atoms with E-state index in [0.717, 1.165) is 18.8 Å². The van der Waals surface area contributed by atoms with E-state index in [9.17, 15) is 0 Å². The number of hydrogen-bond donors (Lipinski definition) is 1. The summed E-state index contributed by atoms with van der Waals surface area (Å²) in [5.74, 6) is 0.663. The van der Waals surface area contributed by atoms with E-state index in [0.29, 0.717) is 5.92 Å². The van der Waals surface area contributed by atoms with Crippen LogP contribution in [0.25, 0.3) is 11.3 Å². The van der Waals surface area contributed by atoms with Crippen LogP contribution < -0.4 is 5.32 Å². The molecule has 0 spiro atoms. The maximum absolute atomic E-state index is 4.66. The topological polar surface area (TPSA) is 29.9 Å². The second-order valence-electron chi connectivity index (χ2n) is 6.02. The van der Waals surface area contributed by atoms with Crippen LogP contribution in [0.2, 0.25) is 0 Å². The van der Waals surface area contributed by atoms with Crippen molar-refractivity contribution in [2.75, 3.05) is 6.54 Å². The van der Waals surface area contributed by atoms with Crippen molar-refractivity contribution >= 4 is 0 Å². The molecule has 108 valence electrons. The summed E-state index contributed by atoms with van der Waals surface area (Å²) in [6.07, 6.45) is 2.12. The van der Waals surface area contributed by atoms with Gasteiger partial charge in [-0.3, -0.25) is 4.68 Å². The molecule has 0 saturated carbocycles. The molecule has 2 rings (SSSR count). The predicted molar refractivity (Wildman–Crippen MR) is 84.7 cm³/mol. The molecule has 0 bridgehead atoms. The van der Waals surface area contributed by atoms with E-state index >= 15 is 0 Å². The molecule has 1 N–H and O–H groups in total. The summed E-state index contributed by atoms with van der Waals surface area (Å²) >= 11 is 0. The molecule has 0 unspecified atom stereocenters. The van der Waals surface area contributed by atoms with Crippen molar-refractivity contribution in [3.8, 4) is 11.3 Å². The molecule has 2 aromatic rings. The van der Waals surface area contributed by atoms with Gasteiger partial charge in [-0.2, -0.15) is 5.10 Å². The van der Waals surface area contributed by atoms with Gasteiger partial charge in [0.25, 0.3) is 0 Å². The molecule has 0 aliphatic carbocycles. The number of aromatic nitrogens is 2. The minimum absolute atomic E-state index is 0.663. The minimum atomic E-state index is 0.663. The van der Waals surface area contributed by atoms with Crippen LogP contribution in [-0.2, 0) is 13.6 Å². The zero-order chi connectivity index (χ0) is 14.7. The van der Waals surface area contributed by atoms with Crippen molar-refractivity contribution in [1.29, 1.82) is 0 Å². The second kappa shape index (κ2) is 6.23. The summed E-state index contributed by atoms with van der Waals surface area (Å²) in [6.45, 7) is 10.6. The Kier molecular flexibility index (Phi) is 4.61. The van der Waals surface area contributed by atoms with E-state index in [-0.39, 0.29) is 0 Å². The van der Waals surface area contributed by atoms with Gasteiger partial charge < -0.3 is 5.32 Å². The van der Waals surface area contributed by atoms with Crippen molar-refractivity contribution in [3.63, 3.8) is 0 Å². The van der Waals surface area contributed by atoms with Crippen LogP contribution >= 0.6 is 0 Å². The molecule has 3 heteroatoms. The van der Waals surface area contributed by atoms with Crippen LogP contribution in [0.3, 0.4) is 0 Å². The van der Waals surface area contributed by atoms with Crippen molar-refractivity contribution in [3.05, 3.63) is 41.1 Å². The van der Waals surface area contributed by atoms with Gasteiger partial charge in [0.1, 0.15) is 0 Å². The Balaban J connectivity index is 2.29. The Labute approximate surface area is 122 Å². The number of nitrogens with one attached hydrogen (secondary N) is 1. The van der Waals surface area contributed by atoms with E-state index in [4.69, 9.17) is 0 Å². The van der Waals surface area contributed by atoms with E-state index < -0.39 is 0 Å². The molecule has 1 aromatic carbocycles. The molecule has 0 amide bonds. The average Bonchev–Trinajstić information content (AvgIpc) is 2.73. The third-order valence-corrected chi connectivity index (χ3v) is 3.42. The molecule has 20 heavy (non-hydrogen) atoms. The van der Waals surface area contributed by atoms with Crippen LogP contribution in [-0.4, -0.2) is 16.3 Å². The fourth-order valence-electron chi connectivity index (χ4n) is 2.38. The Morgan fingerprint density at radius 3 is 2.70 bits per heavy atom. The monoisotopic (exact) mass is 271 g/mol. The summed E-state index contributed by atoms with van der Waals surface area (Å²) in [6, 6.07) is 6.55. The number of rotatable bonds is 5. The predicted octanol–water partition coefficient (Wildman–Crippen LogP) is 3.45. The Hall–Kier alpha value is -1.61. The highest BCUT2D eigenvalue weighted by Gasteiger charge is 2.12. The number of aryl methyl sites for hydroxylation is 3. The fourth-order valence-corrected chi connectivity index (χ4v) is 2.38. The minimum Gasteiger partial charge on any atom is -0.312 e. The van der Waals surface area contributed by atoms with Gasteiger partial charge in [0.15, 0.2) is 0 Å². The largest absolute Gasteiger partial charge is 0.312 e. The third-order valence-electron chi connectivity index (χ3n) is 3.42. The van der Waals surface area contributed by atoms with Gasteiger partial charge >= 0.3 is 0 Å². The van der Waals surface area contributed by atoms with Gasteiger partial charge in [0.05, 0.1) is 5.69 Å². The van der Waals surface area contributed by atoms with E-state index in [1.807, 2.05) is 11.7 Å². The van der Waals surface area contributed by atoms with Gasteiger partial charge in [0.2, 0.25) is 0 Å².